The van der Waals surface area contributed by atoms with Crippen LogP contribution in [0, 0.1) is 0 Å². The van der Waals surface area contributed by atoms with Crippen molar-refractivity contribution in [3.05, 3.63) is 5.69 Å². The average Bonchev–Trinajstić information content (AvgIpc) is 3.06. The van der Waals surface area contributed by atoms with Gasteiger partial charge in [-0.1, -0.05) is 0 Å². The maximum atomic E-state index is 12.4. The van der Waals surface area contributed by atoms with Gasteiger partial charge in [-0.3, -0.25) is 0 Å². The molecule has 0 amide bonds. The highest BCUT2D eigenvalue weighted by Crippen LogP contribution is 2.29. The monoisotopic (exact) mass is 392 g/mol. The Bertz CT molecular complexity index is 700. The van der Waals surface area contributed by atoms with E-state index >= 15 is 0 Å². The van der Waals surface area contributed by atoms with E-state index in [4.69, 9.17) is 15.2 Å². The number of likely N-dealkylation sites (N-methyl/N-ethyl adjacent to an activating group) is 2. The lowest BCUT2D eigenvalue weighted by Crippen LogP contribution is -2.51. The van der Waals surface area contributed by atoms with E-state index in [2.05, 4.69) is 45.7 Å². The van der Waals surface area contributed by atoms with E-state index < -0.39 is 5.97 Å². The Morgan fingerprint density at radius 3 is 2.68 bits per heavy atom. The second-order valence-electron chi connectivity index (χ2n) is 7.70. The number of carbonyl (C=O) groups is 1. The van der Waals surface area contributed by atoms with Crippen molar-refractivity contribution in [2.24, 2.45) is 0 Å². The molecule has 0 bridgehead atoms. The molecule has 0 saturated carbocycles. The van der Waals surface area contributed by atoms with Crippen molar-refractivity contribution < 1.29 is 14.3 Å². The molecule has 2 N–H and O–H groups in total. The van der Waals surface area contributed by atoms with Gasteiger partial charge in [0.2, 0.25) is 0 Å². The van der Waals surface area contributed by atoms with Crippen LogP contribution in [0.15, 0.2) is 0 Å². The minimum Gasteiger partial charge on any atom is -0.462 e. The van der Waals surface area contributed by atoms with Crippen LogP contribution < -0.4 is 15.4 Å². The number of nitrogens with two attached hydrogens (primary N) is 1. The Morgan fingerprint density at radius 1 is 1.25 bits per heavy atom. The maximum Gasteiger partial charge on any atom is 0.359 e. The summed E-state index contributed by atoms with van der Waals surface area (Å²) in [6.45, 7) is 8.24. The Kier molecular flexibility index (Phi) is 6.56. The number of nitrogen functional groups attached to an aromatic ring is 1. The number of ether oxygens (including phenoxy) is 2. The van der Waals surface area contributed by atoms with Crippen LogP contribution in [0.25, 0.3) is 0 Å². The van der Waals surface area contributed by atoms with E-state index in [0.29, 0.717) is 18.5 Å². The van der Waals surface area contributed by atoms with Gasteiger partial charge >= 0.3 is 12.0 Å². The Morgan fingerprint density at radius 2 is 2.04 bits per heavy atom. The first-order valence-electron chi connectivity index (χ1n) is 10.0. The van der Waals surface area contributed by atoms with Crippen molar-refractivity contribution >= 4 is 17.5 Å². The number of piperazine rings is 1. The molecule has 1 aromatic rings. The molecular weight excluding hydrogens is 360 g/mol. The van der Waals surface area contributed by atoms with Crippen LogP contribution in [0.2, 0.25) is 0 Å². The minimum absolute atomic E-state index is 0.0766. The third kappa shape index (κ3) is 4.47. The number of rotatable bonds is 6. The number of nitrogens with zero attached hydrogens (tertiary/aromatic N) is 5. The van der Waals surface area contributed by atoms with E-state index in [9.17, 15) is 4.79 Å². The van der Waals surface area contributed by atoms with Crippen molar-refractivity contribution in [3.63, 3.8) is 0 Å². The molecular formula is C19H32N6O3. The predicted molar refractivity (Wildman–Crippen MR) is 108 cm³/mol. The second kappa shape index (κ2) is 8.91. The SMILES string of the molecule is CCOC(=O)c1nc(OC[C@@H]2CCCN2C)nc(N2CCN(C)CC2C)c1N. The summed E-state index contributed by atoms with van der Waals surface area (Å²) in [6, 6.07) is 0.719. The molecule has 9 nitrogen and oxygen atoms in total. The number of hydrogen-bond acceptors (Lipinski definition) is 9. The lowest BCUT2D eigenvalue weighted by Gasteiger charge is -2.39. The molecule has 156 valence electrons. The molecule has 9 heteroatoms. The van der Waals surface area contributed by atoms with Gasteiger partial charge in [-0.05, 0) is 47.3 Å². The molecule has 1 unspecified atom stereocenters. The molecule has 0 aromatic carbocycles. The summed E-state index contributed by atoms with van der Waals surface area (Å²) in [5.74, 6) is 0.00157. The predicted octanol–water partition coefficient (Wildman–Crippen LogP) is 0.849. The summed E-state index contributed by atoms with van der Waals surface area (Å²) in [5, 5.41) is 0. The van der Waals surface area contributed by atoms with Crippen LogP contribution in [0.3, 0.4) is 0 Å². The van der Waals surface area contributed by atoms with Crippen LogP contribution in [-0.2, 0) is 4.74 Å². The largest absolute Gasteiger partial charge is 0.462 e. The zero-order valence-electron chi connectivity index (χ0n) is 17.3. The quantitative estimate of drug-likeness (QED) is 0.707. The van der Waals surface area contributed by atoms with E-state index in [0.717, 1.165) is 39.0 Å². The van der Waals surface area contributed by atoms with Crippen molar-refractivity contribution in [3.8, 4) is 6.01 Å². The van der Waals surface area contributed by atoms with Gasteiger partial charge in [-0.15, -0.1) is 0 Å². The van der Waals surface area contributed by atoms with Gasteiger partial charge in [0.1, 0.15) is 12.3 Å². The van der Waals surface area contributed by atoms with Crippen LogP contribution >= 0.6 is 0 Å². The van der Waals surface area contributed by atoms with Gasteiger partial charge in [-0.25, -0.2) is 4.79 Å². The molecule has 2 aliphatic rings. The number of carbonyl (C=O) groups excluding carboxylic acids is 1. The normalized spacial score (nSPS) is 23.8. The molecule has 3 heterocycles. The Labute approximate surface area is 166 Å². The average molecular weight is 393 g/mol. The van der Waals surface area contributed by atoms with Gasteiger partial charge in [0.15, 0.2) is 11.5 Å². The molecule has 2 fully saturated rings. The van der Waals surface area contributed by atoms with Crippen LogP contribution in [0.1, 0.15) is 37.2 Å². The molecule has 1 aromatic heterocycles. The van der Waals surface area contributed by atoms with Gasteiger partial charge in [0.25, 0.3) is 0 Å². The van der Waals surface area contributed by atoms with Crippen molar-refractivity contribution in [1.29, 1.82) is 0 Å². The second-order valence-corrected chi connectivity index (χ2v) is 7.70. The number of hydrogen-bond donors (Lipinski definition) is 1. The first-order valence-corrected chi connectivity index (χ1v) is 10.0. The third-order valence-corrected chi connectivity index (χ3v) is 5.55. The highest BCUT2D eigenvalue weighted by molar-refractivity contribution is 5.95. The zero-order valence-corrected chi connectivity index (χ0v) is 17.3. The van der Waals surface area contributed by atoms with E-state index in [1.54, 1.807) is 6.92 Å². The summed E-state index contributed by atoms with van der Waals surface area (Å²) >= 11 is 0. The highest BCUT2D eigenvalue weighted by atomic mass is 16.5. The number of esters is 1. The van der Waals surface area contributed by atoms with Gasteiger partial charge in [0, 0.05) is 31.7 Å². The molecule has 0 aliphatic carbocycles. The number of aromatic nitrogens is 2. The molecule has 2 atom stereocenters. The van der Waals surface area contributed by atoms with E-state index in [1.165, 1.54) is 0 Å². The minimum atomic E-state index is -0.548. The summed E-state index contributed by atoms with van der Waals surface area (Å²) in [7, 11) is 4.18. The molecule has 2 aliphatic heterocycles. The third-order valence-electron chi connectivity index (χ3n) is 5.55. The van der Waals surface area contributed by atoms with Gasteiger partial charge in [0.05, 0.1) is 6.61 Å². The molecule has 28 heavy (non-hydrogen) atoms. The Hall–Kier alpha value is -2.13. The maximum absolute atomic E-state index is 12.4. The topological polar surface area (TPSA) is 97.0 Å². The summed E-state index contributed by atoms with van der Waals surface area (Å²) in [5.41, 5.74) is 6.63. The smallest absolute Gasteiger partial charge is 0.359 e. The highest BCUT2D eigenvalue weighted by Gasteiger charge is 2.29. The molecule has 0 spiro atoms. The van der Waals surface area contributed by atoms with E-state index in [1.807, 2.05) is 0 Å². The van der Waals surface area contributed by atoms with E-state index in [-0.39, 0.29) is 30.0 Å². The first kappa shape index (κ1) is 20.6. The van der Waals surface area contributed by atoms with Crippen molar-refractivity contribution in [2.45, 2.75) is 38.8 Å². The molecule has 0 radical (unpaired) electrons. The molecule has 3 rings (SSSR count). The Balaban J connectivity index is 1.88. The standard InChI is InChI=1S/C19H32N6O3/c1-5-27-18(26)16-15(20)17(25-10-9-23(3)11-13(25)2)22-19(21-16)28-12-14-7-6-8-24(14)4/h13-14H,5-12,20H2,1-4H3/t13?,14-/m0/s1. The van der Waals surface area contributed by atoms with Crippen LogP contribution in [0.5, 0.6) is 6.01 Å². The fourth-order valence-corrected chi connectivity index (χ4v) is 3.89. The number of anilines is 2. The summed E-state index contributed by atoms with van der Waals surface area (Å²) in [4.78, 5) is 27.9. The van der Waals surface area contributed by atoms with Gasteiger partial charge in [-0.2, -0.15) is 9.97 Å². The van der Waals surface area contributed by atoms with Crippen LogP contribution in [-0.4, -0.2) is 91.3 Å². The summed E-state index contributed by atoms with van der Waals surface area (Å²) in [6.07, 6.45) is 2.24. The fourth-order valence-electron chi connectivity index (χ4n) is 3.89. The molecule has 2 saturated heterocycles. The lowest BCUT2D eigenvalue weighted by molar-refractivity contribution is 0.0518. The number of likely N-dealkylation sites (tertiary alicyclic amines) is 1. The first-order chi connectivity index (χ1) is 13.4. The van der Waals surface area contributed by atoms with Crippen molar-refractivity contribution in [2.75, 3.05) is 64.1 Å². The zero-order chi connectivity index (χ0) is 20.3. The van der Waals surface area contributed by atoms with Crippen LogP contribution in [0.4, 0.5) is 11.5 Å². The fraction of sp³-hybridized carbons (Fsp3) is 0.737. The van der Waals surface area contributed by atoms with Crippen molar-refractivity contribution in [1.82, 2.24) is 19.8 Å². The summed E-state index contributed by atoms with van der Waals surface area (Å²) < 4.78 is 11.1. The lowest BCUT2D eigenvalue weighted by atomic mass is 10.2. The van der Waals surface area contributed by atoms with Gasteiger partial charge < -0.3 is 29.9 Å².